The lowest BCUT2D eigenvalue weighted by atomic mass is 10.1. The Labute approximate surface area is 185 Å². The number of nitriles is 1. The normalized spacial score (nSPS) is 10.9. The lowest BCUT2D eigenvalue weighted by Crippen LogP contribution is -2.13. The fraction of sp³-hybridized carbons (Fsp3) is 0.208. The van der Waals surface area contributed by atoms with Crippen LogP contribution in [0.2, 0.25) is 0 Å². The van der Waals surface area contributed by atoms with Crippen molar-refractivity contribution in [2.45, 2.75) is 19.8 Å². The van der Waals surface area contributed by atoms with Crippen molar-refractivity contribution in [1.82, 2.24) is 4.98 Å². The number of nitrogens with zero attached hydrogens (tertiary/aromatic N) is 2. The fourth-order valence-electron chi connectivity index (χ4n) is 2.83. The quantitative estimate of drug-likeness (QED) is 0.376. The summed E-state index contributed by atoms with van der Waals surface area (Å²) >= 11 is 1.39. The van der Waals surface area contributed by atoms with Crippen molar-refractivity contribution in [3.63, 3.8) is 0 Å². The van der Waals surface area contributed by atoms with Gasteiger partial charge in [0.25, 0.3) is 5.91 Å². The number of ether oxygens (including phenoxy) is 2. The molecule has 0 aliphatic carbocycles. The standard InChI is InChI=1S/C24H23N3O3S/c1-3-11-30-21-10-9-18(14-22(21)29-2)12-19(15-25)23(28)27-24-26-16-20(31-24)13-17-7-5-4-6-8-17/h4-10,12,14,16H,3,11,13H2,1-2H3,(H,26,27,28). The number of carbonyl (C=O) groups excluding carboxylic acids is 1. The molecule has 0 bridgehead atoms. The molecule has 1 amide bonds. The van der Waals surface area contributed by atoms with Crippen LogP contribution in [-0.2, 0) is 11.2 Å². The lowest BCUT2D eigenvalue weighted by molar-refractivity contribution is -0.112. The number of methoxy groups -OCH3 is 1. The van der Waals surface area contributed by atoms with Crippen LogP contribution < -0.4 is 14.8 Å². The largest absolute Gasteiger partial charge is 0.493 e. The minimum atomic E-state index is -0.506. The third-order valence-electron chi connectivity index (χ3n) is 4.32. The minimum Gasteiger partial charge on any atom is -0.493 e. The molecule has 0 radical (unpaired) electrons. The molecule has 0 unspecified atom stereocenters. The van der Waals surface area contributed by atoms with Gasteiger partial charge in [-0.1, -0.05) is 43.3 Å². The summed E-state index contributed by atoms with van der Waals surface area (Å²) in [6, 6.07) is 17.3. The van der Waals surface area contributed by atoms with Gasteiger partial charge in [0, 0.05) is 17.5 Å². The van der Waals surface area contributed by atoms with E-state index in [0.29, 0.717) is 28.8 Å². The first-order valence-corrected chi connectivity index (χ1v) is 10.7. The van der Waals surface area contributed by atoms with E-state index < -0.39 is 5.91 Å². The van der Waals surface area contributed by atoms with E-state index in [-0.39, 0.29) is 5.57 Å². The Morgan fingerprint density at radius 1 is 1.23 bits per heavy atom. The van der Waals surface area contributed by atoms with E-state index in [4.69, 9.17) is 9.47 Å². The van der Waals surface area contributed by atoms with Gasteiger partial charge in [-0.05, 0) is 35.8 Å². The number of rotatable bonds is 9. The Bertz CT molecular complexity index is 1100. The second kappa shape index (κ2) is 11.0. The van der Waals surface area contributed by atoms with Gasteiger partial charge in [0.2, 0.25) is 0 Å². The third kappa shape index (κ3) is 6.17. The number of benzene rings is 2. The van der Waals surface area contributed by atoms with Crippen molar-refractivity contribution < 1.29 is 14.3 Å². The van der Waals surface area contributed by atoms with Gasteiger partial charge in [0.05, 0.1) is 13.7 Å². The number of hydrogen-bond acceptors (Lipinski definition) is 6. The van der Waals surface area contributed by atoms with Gasteiger partial charge in [0.1, 0.15) is 11.6 Å². The van der Waals surface area contributed by atoms with Crippen molar-refractivity contribution in [2.75, 3.05) is 19.0 Å². The zero-order chi connectivity index (χ0) is 22.1. The molecule has 1 heterocycles. The highest BCUT2D eigenvalue weighted by atomic mass is 32.1. The number of aromatic nitrogens is 1. The number of anilines is 1. The van der Waals surface area contributed by atoms with Crippen LogP contribution in [-0.4, -0.2) is 24.6 Å². The topological polar surface area (TPSA) is 84.2 Å². The second-order valence-electron chi connectivity index (χ2n) is 6.68. The van der Waals surface area contributed by atoms with Crippen LogP contribution in [0.1, 0.15) is 29.3 Å². The molecular weight excluding hydrogens is 410 g/mol. The van der Waals surface area contributed by atoms with E-state index in [2.05, 4.69) is 10.3 Å². The van der Waals surface area contributed by atoms with Crippen molar-refractivity contribution >= 4 is 28.5 Å². The van der Waals surface area contributed by atoms with Crippen LogP contribution in [0.25, 0.3) is 6.08 Å². The molecule has 6 nitrogen and oxygen atoms in total. The number of thiazole rings is 1. The predicted molar refractivity (Wildman–Crippen MR) is 122 cm³/mol. The van der Waals surface area contributed by atoms with Crippen molar-refractivity contribution in [2.24, 2.45) is 0 Å². The van der Waals surface area contributed by atoms with Gasteiger partial charge < -0.3 is 9.47 Å². The third-order valence-corrected chi connectivity index (χ3v) is 5.23. The van der Waals surface area contributed by atoms with Gasteiger partial charge in [-0.15, -0.1) is 11.3 Å². The van der Waals surface area contributed by atoms with E-state index in [9.17, 15) is 10.1 Å². The summed E-state index contributed by atoms with van der Waals surface area (Å²) in [6.07, 6.45) is 4.87. The molecule has 0 aliphatic heterocycles. The van der Waals surface area contributed by atoms with E-state index in [0.717, 1.165) is 17.7 Å². The Hall–Kier alpha value is -3.63. The molecule has 0 saturated carbocycles. The molecule has 0 spiro atoms. The average molecular weight is 434 g/mol. The summed E-state index contributed by atoms with van der Waals surface area (Å²) < 4.78 is 11.0. The molecule has 7 heteroatoms. The summed E-state index contributed by atoms with van der Waals surface area (Å²) in [5, 5.41) is 12.6. The number of carbonyl (C=O) groups is 1. The Balaban J connectivity index is 1.70. The summed E-state index contributed by atoms with van der Waals surface area (Å²) in [7, 11) is 1.55. The molecule has 31 heavy (non-hydrogen) atoms. The molecule has 0 fully saturated rings. The fourth-order valence-corrected chi connectivity index (χ4v) is 3.67. The van der Waals surface area contributed by atoms with E-state index >= 15 is 0 Å². The highest BCUT2D eigenvalue weighted by Gasteiger charge is 2.13. The number of hydrogen-bond donors (Lipinski definition) is 1. The highest BCUT2D eigenvalue weighted by Crippen LogP contribution is 2.29. The average Bonchev–Trinajstić information content (AvgIpc) is 3.23. The molecule has 0 saturated heterocycles. The molecule has 3 rings (SSSR count). The van der Waals surface area contributed by atoms with Crippen molar-refractivity contribution in [3.05, 3.63) is 76.3 Å². The van der Waals surface area contributed by atoms with Gasteiger partial charge in [-0.3, -0.25) is 10.1 Å². The molecule has 1 N–H and O–H groups in total. The molecular formula is C24H23N3O3S. The first kappa shape index (κ1) is 22.1. The Morgan fingerprint density at radius 2 is 2.03 bits per heavy atom. The zero-order valence-corrected chi connectivity index (χ0v) is 18.2. The molecule has 2 aromatic carbocycles. The zero-order valence-electron chi connectivity index (χ0n) is 17.4. The predicted octanol–water partition coefficient (Wildman–Crippen LogP) is 5.08. The Morgan fingerprint density at radius 3 is 2.74 bits per heavy atom. The van der Waals surface area contributed by atoms with Gasteiger partial charge >= 0.3 is 0 Å². The van der Waals surface area contributed by atoms with E-state index in [1.54, 1.807) is 31.5 Å². The maximum absolute atomic E-state index is 12.6. The summed E-state index contributed by atoms with van der Waals surface area (Å²) in [5.41, 5.74) is 1.81. The van der Waals surface area contributed by atoms with Crippen LogP contribution >= 0.6 is 11.3 Å². The van der Waals surface area contributed by atoms with E-state index in [1.807, 2.05) is 43.3 Å². The summed E-state index contributed by atoms with van der Waals surface area (Å²) in [4.78, 5) is 17.9. The highest BCUT2D eigenvalue weighted by molar-refractivity contribution is 7.15. The monoisotopic (exact) mass is 433 g/mol. The molecule has 0 atom stereocenters. The van der Waals surface area contributed by atoms with Crippen LogP contribution in [0, 0.1) is 11.3 Å². The Kier molecular flexibility index (Phi) is 7.79. The van der Waals surface area contributed by atoms with Gasteiger partial charge in [-0.25, -0.2) is 4.98 Å². The van der Waals surface area contributed by atoms with Crippen molar-refractivity contribution in [3.8, 4) is 17.6 Å². The SMILES string of the molecule is CCCOc1ccc(C=C(C#N)C(=O)Nc2ncc(Cc3ccccc3)s2)cc1OC. The minimum absolute atomic E-state index is 0.0240. The molecule has 3 aromatic rings. The van der Waals surface area contributed by atoms with Gasteiger partial charge in [-0.2, -0.15) is 5.26 Å². The first-order valence-electron chi connectivity index (χ1n) is 9.85. The summed E-state index contributed by atoms with van der Waals surface area (Å²) in [6.45, 7) is 2.60. The van der Waals surface area contributed by atoms with Crippen molar-refractivity contribution in [1.29, 1.82) is 5.26 Å². The first-order chi connectivity index (χ1) is 15.1. The van der Waals surface area contributed by atoms with Crippen LogP contribution in [0.4, 0.5) is 5.13 Å². The molecule has 158 valence electrons. The maximum atomic E-state index is 12.6. The van der Waals surface area contributed by atoms with Crippen LogP contribution in [0.3, 0.4) is 0 Å². The molecule has 0 aliphatic rings. The summed E-state index contributed by atoms with van der Waals surface area (Å²) in [5.74, 6) is 0.664. The molecule has 1 aromatic heterocycles. The second-order valence-corrected chi connectivity index (χ2v) is 7.79. The van der Waals surface area contributed by atoms with Crippen LogP contribution in [0.15, 0.2) is 60.3 Å². The van der Waals surface area contributed by atoms with Crippen LogP contribution in [0.5, 0.6) is 11.5 Å². The van der Waals surface area contributed by atoms with Gasteiger partial charge in [0.15, 0.2) is 16.6 Å². The number of nitrogens with one attached hydrogen (secondary N) is 1. The maximum Gasteiger partial charge on any atom is 0.268 e. The van der Waals surface area contributed by atoms with E-state index in [1.165, 1.54) is 23.0 Å². The smallest absolute Gasteiger partial charge is 0.268 e. The lowest BCUT2D eigenvalue weighted by Gasteiger charge is -2.10. The number of amides is 1.